The summed E-state index contributed by atoms with van der Waals surface area (Å²) in [6.45, 7) is 3.95. The van der Waals surface area contributed by atoms with Crippen molar-refractivity contribution >= 4 is 23.5 Å². The number of ether oxygens (including phenoxy) is 2. The van der Waals surface area contributed by atoms with Crippen LogP contribution in [0.5, 0.6) is 11.5 Å². The summed E-state index contributed by atoms with van der Waals surface area (Å²) < 4.78 is 12.7. The zero-order valence-electron chi connectivity index (χ0n) is 19.5. The van der Waals surface area contributed by atoms with E-state index in [2.05, 4.69) is 10.4 Å². The zero-order chi connectivity index (χ0) is 24.8. The SMILES string of the molecule is COc1cccc(OC)c1-c1cc(C(=O)N[C@@H](CC(=O)O)CC(C)C)nn1-c1ccc(Cl)cc1. The molecule has 0 unspecified atom stereocenters. The summed E-state index contributed by atoms with van der Waals surface area (Å²) in [4.78, 5) is 24.4. The summed E-state index contributed by atoms with van der Waals surface area (Å²) in [5.41, 5.74) is 2.01. The fraction of sp³-hybridized carbons (Fsp3) is 0.320. The van der Waals surface area contributed by atoms with E-state index in [1.54, 1.807) is 67.4 Å². The molecular weight excluding hydrogens is 458 g/mol. The monoisotopic (exact) mass is 485 g/mol. The van der Waals surface area contributed by atoms with Crippen molar-refractivity contribution in [2.45, 2.75) is 32.7 Å². The maximum Gasteiger partial charge on any atom is 0.305 e. The third-order valence-corrected chi connectivity index (χ3v) is 5.46. The molecule has 0 saturated carbocycles. The summed E-state index contributed by atoms with van der Waals surface area (Å²) in [6, 6.07) is 13.5. The number of amides is 1. The number of carbonyl (C=O) groups is 2. The van der Waals surface area contributed by atoms with E-state index in [0.717, 1.165) is 0 Å². The third kappa shape index (κ3) is 5.88. The molecule has 34 heavy (non-hydrogen) atoms. The van der Waals surface area contributed by atoms with Crippen LogP contribution in [-0.2, 0) is 4.79 Å². The molecule has 8 nitrogen and oxygen atoms in total. The summed E-state index contributed by atoms with van der Waals surface area (Å²) in [5.74, 6) is -0.133. The predicted octanol–water partition coefficient (Wildman–Crippen LogP) is 4.83. The summed E-state index contributed by atoms with van der Waals surface area (Å²) in [5, 5.41) is 17.2. The number of hydrogen-bond donors (Lipinski definition) is 2. The van der Waals surface area contributed by atoms with Crippen molar-refractivity contribution in [3.63, 3.8) is 0 Å². The first-order valence-electron chi connectivity index (χ1n) is 10.8. The van der Waals surface area contributed by atoms with Gasteiger partial charge in [-0.05, 0) is 54.8 Å². The number of nitrogens with one attached hydrogen (secondary N) is 1. The minimum atomic E-state index is -0.975. The van der Waals surface area contributed by atoms with Crippen LogP contribution >= 0.6 is 11.6 Å². The Labute approximate surface area is 203 Å². The molecule has 2 aromatic carbocycles. The number of benzene rings is 2. The van der Waals surface area contributed by atoms with Crippen LogP contribution < -0.4 is 14.8 Å². The summed E-state index contributed by atoms with van der Waals surface area (Å²) in [7, 11) is 3.11. The molecule has 3 aromatic rings. The van der Waals surface area contributed by atoms with E-state index >= 15 is 0 Å². The van der Waals surface area contributed by atoms with Gasteiger partial charge in [-0.15, -0.1) is 0 Å². The van der Waals surface area contributed by atoms with Crippen LogP contribution in [0, 0.1) is 5.92 Å². The van der Waals surface area contributed by atoms with Crippen molar-refractivity contribution < 1.29 is 24.2 Å². The highest BCUT2D eigenvalue weighted by atomic mass is 35.5. The number of hydrogen-bond acceptors (Lipinski definition) is 5. The van der Waals surface area contributed by atoms with Gasteiger partial charge in [0, 0.05) is 11.1 Å². The van der Waals surface area contributed by atoms with Crippen molar-refractivity contribution in [1.82, 2.24) is 15.1 Å². The van der Waals surface area contributed by atoms with Crippen molar-refractivity contribution in [3.8, 4) is 28.4 Å². The molecule has 9 heteroatoms. The lowest BCUT2D eigenvalue weighted by atomic mass is 10.0. The number of nitrogens with zero attached hydrogens (tertiary/aromatic N) is 2. The maximum absolute atomic E-state index is 13.1. The molecule has 1 atom stereocenters. The van der Waals surface area contributed by atoms with E-state index in [0.29, 0.717) is 39.9 Å². The Morgan fingerprint density at radius 2 is 1.71 bits per heavy atom. The van der Waals surface area contributed by atoms with E-state index < -0.39 is 17.9 Å². The first-order valence-corrected chi connectivity index (χ1v) is 11.2. The molecule has 0 bridgehead atoms. The molecule has 0 fully saturated rings. The quantitative estimate of drug-likeness (QED) is 0.426. The second-order valence-corrected chi connectivity index (χ2v) is 8.67. The highest BCUT2D eigenvalue weighted by molar-refractivity contribution is 6.30. The van der Waals surface area contributed by atoms with Crippen molar-refractivity contribution in [2.75, 3.05) is 14.2 Å². The van der Waals surface area contributed by atoms with Crippen LogP contribution in [0.4, 0.5) is 0 Å². The van der Waals surface area contributed by atoms with Gasteiger partial charge in [-0.3, -0.25) is 9.59 Å². The summed E-state index contributed by atoms with van der Waals surface area (Å²) >= 11 is 6.07. The largest absolute Gasteiger partial charge is 0.496 e. The highest BCUT2D eigenvalue weighted by Gasteiger charge is 2.24. The molecule has 0 aliphatic carbocycles. The Hall–Kier alpha value is -3.52. The average molecular weight is 486 g/mol. The molecule has 1 heterocycles. The third-order valence-electron chi connectivity index (χ3n) is 5.21. The second kappa shape index (κ2) is 11.1. The van der Waals surface area contributed by atoms with Crippen LogP contribution in [0.15, 0.2) is 48.5 Å². The van der Waals surface area contributed by atoms with E-state index in [1.807, 2.05) is 13.8 Å². The van der Waals surface area contributed by atoms with E-state index in [1.165, 1.54) is 0 Å². The predicted molar refractivity (Wildman–Crippen MR) is 130 cm³/mol. The van der Waals surface area contributed by atoms with Gasteiger partial charge in [-0.1, -0.05) is 31.5 Å². The van der Waals surface area contributed by atoms with Gasteiger partial charge in [0.25, 0.3) is 5.91 Å². The zero-order valence-corrected chi connectivity index (χ0v) is 20.3. The normalized spacial score (nSPS) is 11.8. The lowest BCUT2D eigenvalue weighted by Gasteiger charge is -2.18. The van der Waals surface area contributed by atoms with E-state index in [-0.39, 0.29) is 18.0 Å². The lowest BCUT2D eigenvalue weighted by Crippen LogP contribution is -2.37. The number of rotatable bonds is 10. The Bertz CT molecular complexity index is 1140. The van der Waals surface area contributed by atoms with Gasteiger partial charge in [-0.25, -0.2) is 4.68 Å². The van der Waals surface area contributed by atoms with Gasteiger partial charge in [0.05, 0.1) is 37.6 Å². The van der Waals surface area contributed by atoms with Crippen molar-refractivity contribution in [3.05, 3.63) is 59.2 Å². The molecule has 2 N–H and O–H groups in total. The highest BCUT2D eigenvalue weighted by Crippen LogP contribution is 2.39. The van der Waals surface area contributed by atoms with Gasteiger partial charge >= 0.3 is 5.97 Å². The first kappa shape index (κ1) is 25.1. The molecule has 0 aliphatic rings. The molecule has 0 aliphatic heterocycles. The number of methoxy groups -OCH3 is 2. The van der Waals surface area contributed by atoms with Gasteiger partial charge in [0.15, 0.2) is 5.69 Å². The van der Waals surface area contributed by atoms with Crippen molar-refractivity contribution in [2.24, 2.45) is 5.92 Å². The van der Waals surface area contributed by atoms with Crippen LogP contribution in [0.25, 0.3) is 16.9 Å². The number of carbonyl (C=O) groups excluding carboxylic acids is 1. The van der Waals surface area contributed by atoms with Crippen LogP contribution in [0.3, 0.4) is 0 Å². The molecule has 3 rings (SSSR count). The second-order valence-electron chi connectivity index (χ2n) is 8.24. The standard InChI is InChI=1S/C25H28ClN3O5/c1-15(2)12-17(13-23(30)31)27-25(32)19-14-20(24-21(33-3)6-5-7-22(24)34-4)29(28-19)18-10-8-16(26)9-11-18/h5-11,14-15,17H,12-13H2,1-4H3,(H,27,32)(H,30,31)/t17-/m1/s1. The van der Waals surface area contributed by atoms with E-state index in [9.17, 15) is 14.7 Å². The number of carboxylic acid groups (broad SMARTS) is 1. The van der Waals surface area contributed by atoms with Gasteiger partial charge in [-0.2, -0.15) is 5.10 Å². The molecule has 0 spiro atoms. The molecule has 1 aromatic heterocycles. The van der Waals surface area contributed by atoms with Crippen LogP contribution in [-0.4, -0.2) is 47.0 Å². The Kier molecular flexibility index (Phi) is 8.17. The average Bonchev–Trinajstić information content (AvgIpc) is 3.23. The number of aliphatic carboxylic acids is 1. The Morgan fingerprint density at radius 1 is 1.09 bits per heavy atom. The summed E-state index contributed by atoms with van der Waals surface area (Å²) in [6.07, 6.45) is 0.359. The Balaban J connectivity index is 2.10. The molecular formula is C25H28ClN3O5. The van der Waals surface area contributed by atoms with E-state index in [4.69, 9.17) is 21.1 Å². The van der Waals surface area contributed by atoms with Gasteiger partial charge < -0.3 is 19.9 Å². The minimum absolute atomic E-state index is 0.136. The molecule has 180 valence electrons. The fourth-order valence-electron chi connectivity index (χ4n) is 3.79. The fourth-order valence-corrected chi connectivity index (χ4v) is 3.91. The maximum atomic E-state index is 13.1. The van der Waals surface area contributed by atoms with Gasteiger partial charge in [0.1, 0.15) is 11.5 Å². The van der Waals surface area contributed by atoms with Crippen LogP contribution in [0.1, 0.15) is 37.2 Å². The smallest absolute Gasteiger partial charge is 0.305 e. The Morgan fingerprint density at radius 3 is 2.24 bits per heavy atom. The number of aromatic nitrogens is 2. The topological polar surface area (TPSA) is 103 Å². The molecule has 0 radical (unpaired) electrons. The number of carboxylic acids is 1. The molecule has 1 amide bonds. The van der Waals surface area contributed by atoms with Crippen molar-refractivity contribution in [1.29, 1.82) is 0 Å². The first-order chi connectivity index (χ1) is 16.2. The lowest BCUT2D eigenvalue weighted by molar-refractivity contribution is -0.137. The minimum Gasteiger partial charge on any atom is -0.496 e. The molecule has 0 saturated heterocycles. The number of halogens is 1. The van der Waals surface area contributed by atoms with Crippen LogP contribution in [0.2, 0.25) is 5.02 Å². The van der Waals surface area contributed by atoms with Gasteiger partial charge in [0.2, 0.25) is 0 Å².